The molecular weight excluding hydrogens is 381 g/mol. The average Bonchev–Trinajstić information content (AvgIpc) is 3.01. The summed E-state index contributed by atoms with van der Waals surface area (Å²) in [5.41, 5.74) is 0.279. The minimum atomic E-state index is -1.55. The second-order valence-corrected chi connectivity index (χ2v) is 8.23. The lowest BCUT2D eigenvalue weighted by atomic mass is 9.93. The van der Waals surface area contributed by atoms with Gasteiger partial charge >= 0.3 is 0 Å². The Bertz CT molecular complexity index is 657. The lowest BCUT2D eigenvalue weighted by molar-refractivity contribution is -0.119. The van der Waals surface area contributed by atoms with Crippen molar-refractivity contribution in [2.45, 2.75) is 50.9 Å². The van der Waals surface area contributed by atoms with Crippen LogP contribution in [0.3, 0.4) is 0 Å². The molecule has 7 heteroatoms. The fourth-order valence-corrected chi connectivity index (χ4v) is 4.10. The highest BCUT2D eigenvalue weighted by molar-refractivity contribution is 5.82. The minimum Gasteiger partial charge on any atom is -0.493 e. The van der Waals surface area contributed by atoms with Gasteiger partial charge in [0.25, 0.3) is 0 Å². The molecule has 29 heavy (non-hydrogen) atoms. The van der Waals surface area contributed by atoms with Gasteiger partial charge in [0, 0.05) is 25.6 Å². The maximum atomic E-state index is 14.3. The first-order valence-electron chi connectivity index (χ1n) is 10.7. The van der Waals surface area contributed by atoms with Crippen LogP contribution in [0.1, 0.15) is 37.7 Å². The molecule has 1 N–H and O–H groups in total. The Kier molecular flexibility index (Phi) is 8.36. The number of benzene rings is 1. The summed E-state index contributed by atoms with van der Waals surface area (Å²) >= 11 is 0. The van der Waals surface area contributed by atoms with Gasteiger partial charge in [-0.1, -0.05) is 12.5 Å². The summed E-state index contributed by atoms with van der Waals surface area (Å²) in [4.78, 5) is 13.5. The Labute approximate surface area is 170 Å². The number of ketones is 1. The third-order valence-corrected chi connectivity index (χ3v) is 5.80. The van der Waals surface area contributed by atoms with E-state index in [0.717, 1.165) is 31.8 Å². The van der Waals surface area contributed by atoms with E-state index < -0.39 is 18.2 Å². The van der Waals surface area contributed by atoms with E-state index in [1.807, 2.05) is 0 Å². The van der Waals surface area contributed by atoms with Gasteiger partial charge < -0.3 is 10.1 Å². The molecule has 1 aromatic rings. The van der Waals surface area contributed by atoms with Gasteiger partial charge in [-0.05, 0) is 56.3 Å². The number of unbranched alkanes of at least 4 members (excludes halogenated alkanes) is 1. The summed E-state index contributed by atoms with van der Waals surface area (Å²) in [7, 11) is 0. The van der Waals surface area contributed by atoms with E-state index in [1.54, 1.807) is 12.1 Å². The topological polar surface area (TPSA) is 41.6 Å². The molecule has 2 aliphatic rings. The summed E-state index contributed by atoms with van der Waals surface area (Å²) in [6, 6.07) is 4.53. The van der Waals surface area contributed by atoms with Crippen LogP contribution in [0.4, 0.5) is 13.2 Å². The molecule has 2 unspecified atom stereocenters. The third kappa shape index (κ3) is 7.00. The Morgan fingerprint density at radius 3 is 2.55 bits per heavy atom. The number of ether oxygens (including phenoxy) is 1. The predicted molar refractivity (Wildman–Crippen MR) is 106 cm³/mol. The number of rotatable bonds is 10. The Morgan fingerprint density at radius 2 is 1.86 bits per heavy atom. The fourth-order valence-electron chi connectivity index (χ4n) is 4.10. The normalized spacial score (nSPS) is 23.4. The highest BCUT2D eigenvalue weighted by atomic mass is 19.2. The van der Waals surface area contributed by atoms with Crippen molar-refractivity contribution in [2.24, 2.45) is 5.92 Å². The second kappa shape index (κ2) is 11.0. The van der Waals surface area contributed by atoms with Crippen molar-refractivity contribution in [3.63, 3.8) is 0 Å². The van der Waals surface area contributed by atoms with Gasteiger partial charge in [0.15, 0.2) is 5.78 Å². The molecule has 0 amide bonds. The van der Waals surface area contributed by atoms with Crippen LogP contribution in [0.25, 0.3) is 0 Å². The molecule has 162 valence electrons. The Hall–Kier alpha value is -1.60. The van der Waals surface area contributed by atoms with Crippen LogP contribution in [-0.4, -0.2) is 62.4 Å². The summed E-state index contributed by atoms with van der Waals surface area (Å²) in [6.45, 7) is 2.54. The van der Waals surface area contributed by atoms with Crippen molar-refractivity contribution in [1.29, 1.82) is 0 Å². The second-order valence-electron chi connectivity index (χ2n) is 8.23. The van der Waals surface area contributed by atoms with Crippen LogP contribution >= 0.6 is 0 Å². The molecule has 2 saturated heterocycles. The van der Waals surface area contributed by atoms with Crippen LogP contribution in [0.2, 0.25) is 0 Å². The van der Waals surface area contributed by atoms with E-state index in [1.165, 1.54) is 30.2 Å². The van der Waals surface area contributed by atoms with E-state index in [-0.39, 0.29) is 37.4 Å². The molecule has 0 bridgehead atoms. The van der Waals surface area contributed by atoms with Crippen molar-refractivity contribution < 1.29 is 22.7 Å². The van der Waals surface area contributed by atoms with Gasteiger partial charge in [0.2, 0.25) is 0 Å². The zero-order valence-corrected chi connectivity index (χ0v) is 16.8. The number of hydrogen-bond donors (Lipinski definition) is 1. The molecular formula is C22H31F3N2O2. The summed E-state index contributed by atoms with van der Waals surface area (Å²) in [5, 5.41) is 3.37. The third-order valence-electron chi connectivity index (χ3n) is 5.80. The van der Waals surface area contributed by atoms with Crippen molar-refractivity contribution >= 4 is 5.78 Å². The molecule has 2 atom stereocenters. The Morgan fingerprint density at radius 1 is 1.14 bits per heavy atom. The first-order valence-corrected chi connectivity index (χ1v) is 10.7. The summed E-state index contributed by atoms with van der Waals surface area (Å²) in [6.07, 6.45) is 2.56. The average molecular weight is 412 g/mol. The number of nitrogens with zero attached hydrogens (tertiary/aromatic N) is 1. The number of hydrogen-bond acceptors (Lipinski definition) is 4. The van der Waals surface area contributed by atoms with Crippen molar-refractivity contribution in [3.05, 3.63) is 29.6 Å². The van der Waals surface area contributed by atoms with Gasteiger partial charge in [-0.3, -0.25) is 9.69 Å². The molecule has 1 aromatic carbocycles. The van der Waals surface area contributed by atoms with Gasteiger partial charge in [-0.2, -0.15) is 0 Å². The van der Waals surface area contributed by atoms with Crippen LogP contribution in [0.5, 0.6) is 5.75 Å². The van der Waals surface area contributed by atoms with Crippen molar-refractivity contribution in [1.82, 2.24) is 10.2 Å². The van der Waals surface area contributed by atoms with Crippen LogP contribution in [0.15, 0.2) is 18.2 Å². The van der Waals surface area contributed by atoms with E-state index in [2.05, 4.69) is 5.32 Å². The monoisotopic (exact) mass is 412 g/mol. The molecule has 0 spiro atoms. The highest BCUT2D eigenvalue weighted by Gasteiger charge is 2.33. The first kappa shape index (κ1) is 22.1. The van der Waals surface area contributed by atoms with E-state index in [9.17, 15) is 18.0 Å². The van der Waals surface area contributed by atoms with E-state index >= 15 is 0 Å². The predicted octanol–water partition coefficient (Wildman–Crippen LogP) is 3.48. The molecule has 0 aliphatic carbocycles. The van der Waals surface area contributed by atoms with E-state index in [4.69, 9.17) is 4.74 Å². The van der Waals surface area contributed by atoms with Crippen molar-refractivity contribution in [3.8, 4) is 5.75 Å². The van der Waals surface area contributed by atoms with Crippen molar-refractivity contribution in [2.75, 3.05) is 39.3 Å². The molecule has 3 rings (SSSR count). The van der Waals surface area contributed by atoms with Gasteiger partial charge in [-0.25, -0.2) is 13.2 Å². The molecule has 4 nitrogen and oxygen atoms in total. The number of carbonyl (C=O) groups is 1. The molecule has 0 radical (unpaired) electrons. The Balaban J connectivity index is 1.36. The van der Waals surface area contributed by atoms with Crippen LogP contribution < -0.4 is 10.1 Å². The number of piperidine rings is 1. The number of nitrogens with one attached hydrogen (secondary N) is 1. The number of likely N-dealkylation sites (tertiary alicyclic amines) is 1. The van der Waals surface area contributed by atoms with Gasteiger partial charge in [-0.15, -0.1) is 0 Å². The molecule has 0 aromatic heterocycles. The number of halogens is 3. The fraction of sp³-hybridized carbons (Fsp3) is 0.682. The molecule has 2 heterocycles. The van der Waals surface area contributed by atoms with Gasteiger partial charge in [0.1, 0.15) is 23.9 Å². The highest BCUT2D eigenvalue weighted by Crippen LogP contribution is 2.21. The van der Waals surface area contributed by atoms with Crippen LogP contribution in [0, 0.1) is 11.7 Å². The molecule has 2 aliphatic heterocycles. The first-order chi connectivity index (χ1) is 14.0. The van der Waals surface area contributed by atoms with Gasteiger partial charge in [0.05, 0.1) is 13.2 Å². The molecule has 0 saturated carbocycles. The lowest BCUT2D eigenvalue weighted by Crippen LogP contribution is -2.29. The SMILES string of the molecule is O=C(Cc1ccc(OCCCCC2CCNCC2)cc1F)CN1CC(F)C(F)C1. The largest absolute Gasteiger partial charge is 0.493 e. The standard InChI is InChI=1S/C22H31F3N2O2/c23-20-12-19(29-10-2-1-3-16-6-8-26-9-7-16)5-4-17(20)11-18(28)13-27-14-21(24)22(25)15-27/h4-5,12,16,21-22,26H,1-3,6-11,13-15H2. The molecule has 2 fully saturated rings. The lowest BCUT2D eigenvalue weighted by Gasteiger charge is -2.22. The number of carbonyl (C=O) groups excluding carboxylic acids is 1. The van der Waals surface area contributed by atoms with Crippen LogP contribution in [-0.2, 0) is 11.2 Å². The summed E-state index contributed by atoms with van der Waals surface area (Å²) in [5.74, 6) is 0.522. The smallest absolute Gasteiger partial charge is 0.151 e. The number of Topliss-reactive ketones (excluding diaryl/α,β-unsaturated/α-hetero) is 1. The number of alkyl halides is 2. The minimum absolute atomic E-state index is 0.0599. The maximum Gasteiger partial charge on any atom is 0.151 e. The zero-order valence-electron chi connectivity index (χ0n) is 16.8. The zero-order chi connectivity index (χ0) is 20.6. The maximum absolute atomic E-state index is 14.3. The quantitative estimate of drug-likeness (QED) is 0.598. The van der Waals surface area contributed by atoms with E-state index in [0.29, 0.717) is 12.4 Å². The summed E-state index contributed by atoms with van der Waals surface area (Å²) < 4.78 is 46.3.